The Labute approximate surface area is 121 Å². The second-order valence-corrected chi connectivity index (χ2v) is 4.63. The van der Waals surface area contributed by atoms with Gasteiger partial charge in [0.15, 0.2) is 0 Å². The van der Waals surface area contributed by atoms with Crippen LogP contribution in [-0.2, 0) is 9.59 Å². The highest BCUT2D eigenvalue weighted by atomic mass is 19.1. The molecule has 1 unspecified atom stereocenters. The number of nitrogens with zero attached hydrogens (tertiary/aromatic N) is 1. The van der Waals surface area contributed by atoms with Gasteiger partial charge in [0.2, 0.25) is 11.8 Å². The fraction of sp³-hybridized carbons (Fsp3) is 0.429. The maximum absolute atomic E-state index is 13.8. The normalized spacial score (nSPS) is 11.9. The van der Waals surface area contributed by atoms with Crippen molar-refractivity contribution in [2.24, 2.45) is 0 Å². The van der Waals surface area contributed by atoms with Crippen LogP contribution in [0, 0.1) is 11.6 Å². The van der Waals surface area contributed by atoms with Gasteiger partial charge in [0, 0.05) is 26.1 Å². The molecule has 1 atom stereocenters. The first-order valence-electron chi connectivity index (χ1n) is 6.42. The third-order valence-electron chi connectivity index (χ3n) is 2.97. The van der Waals surface area contributed by atoms with Gasteiger partial charge in [0.25, 0.3) is 0 Å². The zero-order chi connectivity index (χ0) is 16.0. The van der Waals surface area contributed by atoms with E-state index in [2.05, 4.69) is 5.32 Å². The van der Waals surface area contributed by atoms with Gasteiger partial charge in [-0.2, -0.15) is 0 Å². The summed E-state index contributed by atoms with van der Waals surface area (Å²) in [4.78, 5) is 24.4. The Hall–Kier alpha value is -2.02. The van der Waals surface area contributed by atoms with Crippen molar-refractivity contribution in [1.29, 1.82) is 0 Å². The van der Waals surface area contributed by atoms with Gasteiger partial charge in [-0.3, -0.25) is 9.59 Å². The molecule has 0 aliphatic heterocycles. The zero-order valence-electron chi connectivity index (χ0n) is 11.9. The van der Waals surface area contributed by atoms with Crippen molar-refractivity contribution < 1.29 is 23.5 Å². The van der Waals surface area contributed by atoms with Crippen LogP contribution in [0.4, 0.5) is 8.78 Å². The summed E-state index contributed by atoms with van der Waals surface area (Å²) in [6.07, 6.45) is -0.298. The molecule has 0 bridgehead atoms. The molecule has 1 rings (SSSR count). The van der Waals surface area contributed by atoms with E-state index in [1.54, 1.807) is 0 Å². The molecule has 0 fully saturated rings. The van der Waals surface area contributed by atoms with Gasteiger partial charge < -0.3 is 15.3 Å². The Kier molecular flexibility index (Phi) is 6.23. The van der Waals surface area contributed by atoms with E-state index in [-0.39, 0.29) is 25.1 Å². The molecule has 0 saturated heterocycles. The predicted molar refractivity (Wildman–Crippen MR) is 72.3 cm³/mol. The van der Waals surface area contributed by atoms with Crippen molar-refractivity contribution in [3.8, 4) is 0 Å². The fourth-order valence-electron chi connectivity index (χ4n) is 1.92. The number of aliphatic hydroxyl groups is 1. The minimum Gasteiger partial charge on any atom is -0.395 e. The summed E-state index contributed by atoms with van der Waals surface area (Å²) >= 11 is 0. The molecular formula is C14H18F2N2O3. The van der Waals surface area contributed by atoms with Crippen LogP contribution in [0.5, 0.6) is 0 Å². The highest BCUT2D eigenvalue weighted by Gasteiger charge is 2.25. The minimum absolute atomic E-state index is 0.103. The van der Waals surface area contributed by atoms with Crippen LogP contribution in [0.25, 0.3) is 0 Å². The first kappa shape index (κ1) is 17.0. The smallest absolute Gasteiger partial charge is 0.224 e. The molecule has 0 aromatic heterocycles. The highest BCUT2D eigenvalue weighted by Crippen LogP contribution is 2.24. The van der Waals surface area contributed by atoms with Crippen molar-refractivity contribution in [3.63, 3.8) is 0 Å². The molecule has 0 radical (unpaired) electrons. The van der Waals surface area contributed by atoms with Gasteiger partial charge in [-0.25, -0.2) is 8.78 Å². The molecule has 5 nitrogen and oxygen atoms in total. The summed E-state index contributed by atoms with van der Waals surface area (Å²) in [5.41, 5.74) is -0.349. The molecule has 0 aliphatic carbocycles. The van der Waals surface area contributed by atoms with Crippen LogP contribution < -0.4 is 5.32 Å². The summed E-state index contributed by atoms with van der Waals surface area (Å²) in [5, 5.41) is 11.2. The summed E-state index contributed by atoms with van der Waals surface area (Å²) < 4.78 is 27.6. The van der Waals surface area contributed by atoms with Gasteiger partial charge >= 0.3 is 0 Å². The lowest BCUT2D eigenvalue weighted by atomic mass is 10.0. The maximum atomic E-state index is 13.8. The van der Waals surface area contributed by atoms with Crippen molar-refractivity contribution in [2.75, 3.05) is 20.2 Å². The third kappa shape index (κ3) is 4.78. The van der Waals surface area contributed by atoms with Crippen LogP contribution in [0.1, 0.15) is 24.9 Å². The monoisotopic (exact) mass is 300 g/mol. The Balaban J connectivity index is 3.01. The average Bonchev–Trinajstić information content (AvgIpc) is 2.37. The molecular weight excluding hydrogens is 282 g/mol. The number of carbonyl (C=O) groups excluding carboxylic acids is 2. The molecule has 0 heterocycles. The molecule has 1 aromatic carbocycles. The number of likely N-dealkylation sites (N-methyl/N-ethyl adjacent to an activating group) is 1. The predicted octanol–water partition coefficient (Wildman–Crippen LogP) is 0.983. The molecule has 2 amide bonds. The average molecular weight is 300 g/mol. The number of aliphatic hydroxyl groups excluding tert-OH is 1. The van der Waals surface area contributed by atoms with Crippen molar-refractivity contribution >= 4 is 11.8 Å². The van der Waals surface area contributed by atoms with E-state index >= 15 is 0 Å². The number of benzene rings is 1. The Morgan fingerprint density at radius 2 is 1.90 bits per heavy atom. The van der Waals surface area contributed by atoms with E-state index in [0.29, 0.717) is 0 Å². The Morgan fingerprint density at radius 3 is 2.38 bits per heavy atom. The van der Waals surface area contributed by atoms with Crippen LogP contribution in [0.3, 0.4) is 0 Å². The first-order chi connectivity index (χ1) is 9.86. The second-order valence-electron chi connectivity index (χ2n) is 4.63. The van der Waals surface area contributed by atoms with Gasteiger partial charge in [-0.1, -0.05) is 6.07 Å². The van der Waals surface area contributed by atoms with Crippen molar-refractivity contribution in [1.82, 2.24) is 10.2 Å². The highest BCUT2D eigenvalue weighted by molar-refractivity contribution is 5.79. The van der Waals surface area contributed by atoms with Crippen molar-refractivity contribution in [2.45, 2.75) is 19.4 Å². The topological polar surface area (TPSA) is 69.6 Å². The Bertz CT molecular complexity index is 503. The van der Waals surface area contributed by atoms with E-state index in [4.69, 9.17) is 5.11 Å². The third-order valence-corrected chi connectivity index (χ3v) is 2.97. The summed E-state index contributed by atoms with van der Waals surface area (Å²) in [6.45, 7) is 1.08. The molecule has 1 aromatic rings. The molecule has 0 spiro atoms. The molecule has 0 aliphatic rings. The van der Waals surface area contributed by atoms with Crippen LogP contribution in [0.15, 0.2) is 18.2 Å². The fourth-order valence-corrected chi connectivity index (χ4v) is 1.92. The lowest BCUT2D eigenvalue weighted by Crippen LogP contribution is -2.35. The molecule has 0 saturated carbocycles. The van der Waals surface area contributed by atoms with Crippen LogP contribution >= 0.6 is 0 Å². The van der Waals surface area contributed by atoms with E-state index < -0.39 is 29.5 Å². The summed E-state index contributed by atoms with van der Waals surface area (Å²) in [5.74, 6) is -2.59. The lowest BCUT2D eigenvalue weighted by Gasteiger charge is -2.22. The van der Waals surface area contributed by atoms with E-state index in [0.717, 1.165) is 12.1 Å². The number of carbonyl (C=O) groups is 2. The number of amides is 2. The Morgan fingerprint density at radius 1 is 1.33 bits per heavy atom. The zero-order valence-corrected chi connectivity index (χ0v) is 11.9. The molecule has 7 heteroatoms. The van der Waals surface area contributed by atoms with Crippen LogP contribution in [-0.4, -0.2) is 42.0 Å². The van der Waals surface area contributed by atoms with E-state index in [1.807, 2.05) is 0 Å². The largest absolute Gasteiger partial charge is 0.395 e. The van der Waals surface area contributed by atoms with Gasteiger partial charge in [-0.05, 0) is 12.1 Å². The first-order valence-corrected chi connectivity index (χ1v) is 6.42. The van der Waals surface area contributed by atoms with Crippen molar-refractivity contribution in [3.05, 3.63) is 35.4 Å². The minimum atomic E-state index is -1.10. The second kappa shape index (κ2) is 7.68. The summed E-state index contributed by atoms with van der Waals surface area (Å²) in [7, 11) is 1.46. The lowest BCUT2D eigenvalue weighted by molar-refractivity contribution is -0.131. The SMILES string of the molecule is CC(=O)NC(CC(=O)N(C)CCO)c1c(F)cccc1F. The van der Waals surface area contributed by atoms with E-state index in [9.17, 15) is 18.4 Å². The van der Waals surface area contributed by atoms with Gasteiger partial charge in [-0.15, -0.1) is 0 Å². The quantitative estimate of drug-likeness (QED) is 0.823. The van der Waals surface area contributed by atoms with Crippen LogP contribution in [0.2, 0.25) is 0 Å². The molecule has 2 N–H and O–H groups in total. The number of rotatable bonds is 6. The number of hydrogen-bond acceptors (Lipinski definition) is 3. The number of halogens is 2. The van der Waals surface area contributed by atoms with Gasteiger partial charge in [0.1, 0.15) is 11.6 Å². The van der Waals surface area contributed by atoms with Gasteiger partial charge in [0.05, 0.1) is 19.1 Å². The maximum Gasteiger partial charge on any atom is 0.224 e. The summed E-state index contributed by atoms with van der Waals surface area (Å²) in [6, 6.07) is 2.24. The molecule has 21 heavy (non-hydrogen) atoms. The standard InChI is InChI=1S/C14H18F2N2O3/c1-9(20)17-12(8-13(21)18(2)6-7-19)14-10(15)4-3-5-11(14)16/h3-5,12,19H,6-8H2,1-2H3,(H,17,20). The number of nitrogens with one attached hydrogen (secondary N) is 1. The van der Waals surface area contributed by atoms with E-state index in [1.165, 1.54) is 24.9 Å². The molecule has 116 valence electrons. The number of hydrogen-bond donors (Lipinski definition) is 2.